The second-order valence-electron chi connectivity index (χ2n) is 4.40. The van der Waals surface area contributed by atoms with E-state index in [4.69, 9.17) is 23.2 Å². The zero-order chi connectivity index (χ0) is 12.4. The van der Waals surface area contributed by atoms with Crippen LogP contribution in [0.25, 0.3) is 0 Å². The van der Waals surface area contributed by atoms with Gasteiger partial charge < -0.3 is 5.32 Å². The van der Waals surface area contributed by atoms with E-state index in [1.807, 2.05) is 7.05 Å². The minimum atomic E-state index is -0.467. The van der Waals surface area contributed by atoms with Crippen LogP contribution >= 0.6 is 23.2 Å². The fourth-order valence-electron chi connectivity index (χ4n) is 2.10. The smallest absolute Gasteiger partial charge is 0.143 e. The topological polar surface area (TPSA) is 15.3 Å². The van der Waals surface area contributed by atoms with E-state index in [-0.39, 0.29) is 5.02 Å². The molecule has 1 aliphatic rings. The molecular weight excluding hydrogens is 262 g/mol. The Kier molecular flexibility index (Phi) is 4.26. The highest BCUT2D eigenvalue weighted by Crippen LogP contribution is 2.29. The van der Waals surface area contributed by atoms with Crippen molar-refractivity contribution in [3.8, 4) is 0 Å². The Morgan fingerprint density at radius 3 is 2.82 bits per heavy atom. The number of likely N-dealkylation sites (N-methyl/N-ethyl adjacent to an activating group) is 1. The zero-order valence-electron chi connectivity index (χ0n) is 9.64. The molecule has 0 spiro atoms. The quantitative estimate of drug-likeness (QED) is 0.855. The molecular formula is C12H15Cl2FN2. The summed E-state index contributed by atoms with van der Waals surface area (Å²) >= 11 is 11.8. The number of nitrogens with zero attached hydrogens (tertiary/aromatic N) is 1. The van der Waals surface area contributed by atoms with Gasteiger partial charge in [0.25, 0.3) is 0 Å². The van der Waals surface area contributed by atoms with Gasteiger partial charge in [0.2, 0.25) is 0 Å². The molecule has 0 aromatic heterocycles. The summed E-state index contributed by atoms with van der Waals surface area (Å²) in [6.45, 7) is 2.72. The monoisotopic (exact) mass is 276 g/mol. The maximum Gasteiger partial charge on any atom is 0.143 e. The number of nitrogens with one attached hydrogen (secondary N) is 1. The van der Waals surface area contributed by atoms with Crippen LogP contribution in [0.1, 0.15) is 12.0 Å². The van der Waals surface area contributed by atoms with E-state index >= 15 is 0 Å². The van der Waals surface area contributed by atoms with Gasteiger partial charge in [-0.25, -0.2) is 4.39 Å². The van der Waals surface area contributed by atoms with Gasteiger partial charge in [0, 0.05) is 19.1 Å². The van der Waals surface area contributed by atoms with Gasteiger partial charge in [-0.1, -0.05) is 29.3 Å². The molecule has 94 valence electrons. The molecule has 1 fully saturated rings. The van der Waals surface area contributed by atoms with Crippen LogP contribution < -0.4 is 5.32 Å². The maximum atomic E-state index is 13.2. The molecule has 0 amide bonds. The highest BCUT2D eigenvalue weighted by atomic mass is 35.5. The first kappa shape index (κ1) is 13.1. The molecule has 1 heterocycles. The minimum Gasteiger partial charge on any atom is -0.315 e. The number of rotatable bonds is 3. The van der Waals surface area contributed by atoms with Crippen molar-refractivity contribution in [2.24, 2.45) is 0 Å². The van der Waals surface area contributed by atoms with Gasteiger partial charge in [0.05, 0.1) is 10.0 Å². The third-order valence-electron chi connectivity index (χ3n) is 3.19. The SMILES string of the molecule is CN(Cc1ccc(F)c(Cl)c1Cl)C1CCNC1. The average molecular weight is 277 g/mol. The van der Waals surface area contributed by atoms with Gasteiger partial charge in [0.15, 0.2) is 0 Å². The van der Waals surface area contributed by atoms with Crippen molar-refractivity contribution in [3.63, 3.8) is 0 Å². The molecule has 0 bridgehead atoms. The van der Waals surface area contributed by atoms with E-state index in [9.17, 15) is 4.39 Å². The van der Waals surface area contributed by atoms with Gasteiger partial charge in [-0.3, -0.25) is 4.90 Å². The third kappa shape index (κ3) is 2.91. The molecule has 1 aromatic rings. The number of hydrogen-bond acceptors (Lipinski definition) is 2. The first-order valence-corrected chi connectivity index (χ1v) is 6.38. The third-order valence-corrected chi connectivity index (χ3v) is 4.09. The lowest BCUT2D eigenvalue weighted by molar-refractivity contribution is 0.249. The molecule has 1 aromatic carbocycles. The van der Waals surface area contributed by atoms with E-state index in [1.165, 1.54) is 6.07 Å². The number of halogens is 3. The van der Waals surface area contributed by atoms with Crippen LogP contribution in [0.5, 0.6) is 0 Å². The average Bonchev–Trinajstić information content (AvgIpc) is 2.83. The van der Waals surface area contributed by atoms with Crippen LogP contribution in [-0.4, -0.2) is 31.1 Å². The number of benzene rings is 1. The fraction of sp³-hybridized carbons (Fsp3) is 0.500. The Morgan fingerprint density at radius 2 is 2.18 bits per heavy atom. The van der Waals surface area contributed by atoms with Crippen LogP contribution in [0.2, 0.25) is 10.0 Å². The minimum absolute atomic E-state index is 0.0158. The molecule has 5 heteroatoms. The largest absolute Gasteiger partial charge is 0.315 e. The van der Waals surface area contributed by atoms with Crippen molar-refractivity contribution in [2.75, 3.05) is 20.1 Å². The Bertz CT molecular complexity index is 406. The first-order valence-electron chi connectivity index (χ1n) is 5.63. The standard InChI is InChI=1S/C12H15Cl2FN2/c1-17(9-4-5-16-6-9)7-8-2-3-10(15)12(14)11(8)13/h2-3,9,16H,4-7H2,1H3. The predicted molar refractivity (Wildman–Crippen MR) is 69.2 cm³/mol. The molecule has 0 radical (unpaired) electrons. The summed E-state index contributed by atoms with van der Waals surface area (Å²) in [6.07, 6.45) is 1.13. The lowest BCUT2D eigenvalue weighted by atomic mass is 10.1. The molecule has 1 saturated heterocycles. The Balaban J connectivity index is 2.10. The van der Waals surface area contributed by atoms with Crippen molar-refractivity contribution in [1.29, 1.82) is 0 Å². The van der Waals surface area contributed by atoms with Gasteiger partial charge in [-0.2, -0.15) is 0 Å². The Morgan fingerprint density at radius 1 is 1.41 bits per heavy atom. The fourth-order valence-corrected chi connectivity index (χ4v) is 2.50. The summed E-state index contributed by atoms with van der Waals surface area (Å²) in [4.78, 5) is 2.22. The van der Waals surface area contributed by atoms with Crippen molar-refractivity contribution in [1.82, 2.24) is 10.2 Å². The molecule has 0 aliphatic carbocycles. The van der Waals surface area contributed by atoms with E-state index in [0.29, 0.717) is 17.6 Å². The van der Waals surface area contributed by atoms with Gasteiger partial charge in [-0.05, 0) is 31.6 Å². The first-order chi connectivity index (χ1) is 8.09. The molecule has 1 N–H and O–H groups in total. The van der Waals surface area contributed by atoms with E-state index in [0.717, 1.165) is 25.1 Å². The molecule has 2 rings (SSSR count). The van der Waals surface area contributed by atoms with Crippen LogP contribution in [0.3, 0.4) is 0 Å². The van der Waals surface area contributed by atoms with E-state index in [2.05, 4.69) is 10.2 Å². The predicted octanol–water partition coefficient (Wildman–Crippen LogP) is 2.93. The normalized spacial score (nSPS) is 20.2. The highest BCUT2D eigenvalue weighted by molar-refractivity contribution is 6.42. The lowest BCUT2D eigenvalue weighted by Gasteiger charge is -2.24. The lowest BCUT2D eigenvalue weighted by Crippen LogP contribution is -2.32. The van der Waals surface area contributed by atoms with Crippen LogP contribution in [0.15, 0.2) is 12.1 Å². The van der Waals surface area contributed by atoms with Crippen LogP contribution in [0, 0.1) is 5.82 Å². The van der Waals surface area contributed by atoms with Gasteiger partial charge in [-0.15, -0.1) is 0 Å². The van der Waals surface area contributed by atoms with Crippen molar-refractivity contribution < 1.29 is 4.39 Å². The molecule has 2 nitrogen and oxygen atoms in total. The zero-order valence-corrected chi connectivity index (χ0v) is 11.2. The summed E-state index contributed by atoms with van der Waals surface area (Å²) in [5.41, 5.74) is 0.868. The van der Waals surface area contributed by atoms with Gasteiger partial charge in [0.1, 0.15) is 5.82 Å². The molecule has 1 aliphatic heterocycles. The molecule has 0 saturated carbocycles. The van der Waals surface area contributed by atoms with E-state index < -0.39 is 5.82 Å². The second kappa shape index (κ2) is 5.53. The second-order valence-corrected chi connectivity index (χ2v) is 5.15. The van der Waals surface area contributed by atoms with Crippen LogP contribution in [0.4, 0.5) is 4.39 Å². The Hall–Kier alpha value is -0.350. The van der Waals surface area contributed by atoms with Crippen molar-refractivity contribution in [2.45, 2.75) is 19.0 Å². The maximum absolute atomic E-state index is 13.2. The number of hydrogen-bond donors (Lipinski definition) is 1. The van der Waals surface area contributed by atoms with Crippen LogP contribution in [-0.2, 0) is 6.54 Å². The van der Waals surface area contributed by atoms with E-state index in [1.54, 1.807) is 6.07 Å². The molecule has 17 heavy (non-hydrogen) atoms. The highest BCUT2D eigenvalue weighted by Gasteiger charge is 2.20. The summed E-state index contributed by atoms with van der Waals surface area (Å²) in [7, 11) is 2.05. The molecule has 1 unspecified atom stereocenters. The van der Waals surface area contributed by atoms with Gasteiger partial charge >= 0.3 is 0 Å². The summed E-state index contributed by atoms with van der Waals surface area (Å²) in [5, 5.41) is 3.65. The van der Waals surface area contributed by atoms with Crippen molar-refractivity contribution in [3.05, 3.63) is 33.6 Å². The molecule has 1 atom stereocenters. The van der Waals surface area contributed by atoms with Crippen molar-refractivity contribution >= 4 is 23.2 Å². The summed E-state index contributed by atoms with van der Waals surface area (Å²) < 4.78 is 13.2. The summed E-state index contributed by atoms with van der Waals surface area (Å²) in [6, 6.07) is 3.57. The summed E-state index contributed by atoms with van der Waals surface area (Å²) in [5.74, 6) is -0.467. The Labute approximate surface area is 111 Å².